The number of benzene rings is 1. The molecule has 0 saturated carbocycles. The summed E-state index contributed by atoms with van der Waals surface area (Å²) in [5.41, 5.74) is 9.76. The van der Waals surface area contributed by atoms with E-state index in [1.165, 1.54) is 16.0 Å². The fraction of sp³-hybridized carbons (Fsp3) is 0.263. The Hall–Kier alpha value is -2.60. The molecule has 3 heterocycles. The molecule has 0 saturated heterocycles. The summed E-state index contributed by atoms with van der Waals surface area (Å²) in [6.07, 6.45) is 3.58. The van der Waals surface area contributed by atoms with E-state index >= 15 is 0 Å². The van der Waals surface area contributed by atoms with Crippen LogP contribution in [0.15, 0.2) is 48.1 Å². The minimum absolute atomic E-state index is 0.632. The molecule has 0 radical (unpaired) electrons. The fourth-order valence-electron chi connectivity index (χ4n) is 3.21. The number of anilines is 3. The van der Waals surface area contributed by atoms with E-state index in [0.717, 1.165) is 44.1 Å². The van der Waals surface area contributed by atoms with Crippen LogP contribution in [0.1, 0.15) is 16.0 Å². The first-order valence-corrected chi connectivity index (χ1v) is 9.37. The molecule has 1 aliphatic rings. The summed E-state index contributed by atoms with van der Waals surface area (Å²) in [7, 11) is 0. The molecule has 1 aromatic carbocycles. The van der Waals surface area contributed by atoms with Crippen molar-refractivity contribution >= 4 is 28.7 Å². The number of rotatable bonds is 5. The third-order valence-corrected chi connectivity index (χ3v) is 5.47. The average Bonchev–Trinajstić information content (AvgIpc) is 3.16. The second-order valence-corrected chi connectivity index (χ2v) is 7.19. The molecule has 0 atom stereocenters. The largest absolute Gasteiger partial charge is 0.393 e. The average molecular weight is 351 g/mol. The smallest absolute Gasteiger partial charge is 0.157 e. The summed E-state index contributed by atoms with van der Waals surface area (Å²) in [4.78, 5) is 12.4. The van der Waals surface area contributed by atoms with Gasteiger partial charge in [-0.15, -0.1) is 11.3 Å². The van der Waals surface area contributed by atoms with Gasteiger partial charge in [0.1, 0.15) is 12.0 Å². The zero-order chi connectivity index (χ0) is 17.1. The molecule has 0 unspecified atom stereocenters. The predicted octanol–water partition coefficient (Wildman–Crippen LogP) is 3.34. The Balaban J connectivity index is 1.47. The van der Waals surface area contributed by atoms with E-state index in [9.17, 15) is 0 Å². The Bertz CT molecular complexity index is 847. The molecule has 4 rings (SSSR count). The van der Waals surface area contributed by atoms with Crippen LogP contribution in [0.25, 0.3) is 0 Å². The number of hydrogen-bond acceptors (Lipinski definition) is 6. The fourth-order valence-corrected chi connectivity index (χ4v) is 3.92. The molecule has 3 aromatic rings. The van der Waals surface area contributed by atoms with Gasteiger partial charge in [-0.2, -0.15) is 0 Å². The molecule has 0 bridgehead atoms. The van der Waals surface area contributed by atoms with Crippen molar-refractivity contribution < 1.29 is 0 Å². The van der Waals surface area contributed by atoms with Crippen LogP contribution in [0.2, 0.25) is 0 Å². The molecule has 0 fully saturated rings. The van der Waals surface area contributed by atoms with Gasteiger partial charge in [0.05, 0.1) is 0 Å². The molecule has 6 heteroatoms. The van der Waals surface area contributed by atoms with Gasteiger partial charge in [0.25, 0.3) is 0 Å². The van der Waals surface area contributed by atoms with Crippen LogP contribution < -0.4 is 16.0 Å². The lowest BCUT2D eigenvalue weighted by Gasteiger charge is -2.30. The summed E-state index contributed by atoms with van der Waals surface area (Å²) in [6, 6.07) is 12.8. The van der Waals surface area contributed by atoms with E-state index in [4.69, 9.17) is 5.73 Å². The highest BCUT2D eigenvalue weighted by Gasteiger charge is 2.20. The molecular weight excluding hydrogens is 330 g/mol. The molecular formula is C19H21N5S. The lowest BCUT2D eigenvalue weighted by molar-refractivity contribution is 0.720. The number of nitrogen functional groups attached to an aromatic ring is 1. The maximum Gasteiger partial charge on any atom is 0.157 e. The normalized spacial score (nSPS) is 13.5. The van der Waals surface area contributed by atoms with E-state index in [1.807, 2.05) is 0 Å². The van der Waals surface area contributed by atoms with Crippen LogP contribution in [-0.4, -0.2) is 23.1 Å². The summed E-state index contributed by atoms with van der Waals surface area (Å²) >= 11 is 1.77. The molecule has 0 amide bonds. The zero-order valence-corrected chi connectivity index (χ0v) is 14.8. The molecule has 0 spiro atoms. The lowest BCUT2D eigenvalue weighted by Crippen LogP contribution is -2.32. The van der Waals surface area contributed by atoms with E-state index in [-0.39, 0.29) is 0 Å². The molecule has 128 valence electrons. The lowest BCUT2D eigenvalue weighted by atomic mass is 10.00. The number of fused-ring (bicyclic) bond motifs is 1. The van der Waals surface area contributed by atoms with Gasteiger partial charge in [-0.3, -0.25) is 0 Å². The number of hydrogen-bond donors (Lipinski definition) is 2. The second kappa shape index (κ2) is 7.11. The topological polar surface area (TPSA) is 67.1 Å². The van der Waals surface area contributed by atoms with Crippen molar-refractivity contribution in [3.05, 3.63) is 64.1 Å². The zero-order valence-electron chi connectivity index (χ0n) is 14.0. The highest BCUT2D eigenvalue weighted by Crippen LogP contribution is 2.30. The second-order valence-electron chi connectivity index (χ2n) is 6.16. The Kier molecular flexibility index (Phi) is 4.52. The number of aromatic nitrogens is 2. The van der Waals surface area contributed by atoms with Crippen molar-refractivity contribution in [2.24, 2.45) is 0 Å². The summed E-state index contributed by atoms with van der Waals surface area (Å²) in [6.45, 7) is 2.57. The summed E-state index contributed by atoms with van der Waals surface area (Å²) < 4.78 is 0. The minimum atomic E-state index is 0.632. The van der Waals surface area contributed by atoms with Gasteiger partial charge in [-0.05, 0) is 35.4 Å². The number of thiophene rings is 1. The van der Waals surface area contributed by atoms with Crippen LogP contribution in [0, 0.1) is 0 Å². The van der Waals surface area contributed by atoms with Gasteiger partial charge < -0.3 is 16.0 Å². The minimum Gasteiger partial charge on any atom is -0.393 e. The molecule has 5 nitrogen and oxygen atoms in total. The SMILES string of the molecule is Nc1c(NCCc2cccs2)ncnc1N1CCc2ccccc2C1. The number of nitrogens with zero attached hydrogens (tertiary/aromatic N) is 3. The molecule has 1 aliphatic heterocycles. The maximum atomic E-state index is 6.37. The molecule has 2 aromatic heterocycles. The molecule has 0 aliphatic carbocycles. The maximum absolute atomic E-state index is 6.37. The van der Waals surface area contributed by atoms with Gasteiger partial charge in [0.2, 0.25) is 0 Å². The Morgan fingerprint density at radius 1 is 1.12 bits per heavy atom. The van der Waals surface area contributed by atoms with E-state index in [0.29, 0.717) is 5.69 Å². The van der Waals surface area contributed by atoms with Crippen LogP contribution in [0.5, 0.6) is 0 Å². The Morgan fingerprint density at radius 3 is 2.84 bits per heavy atom. The van der Waals surface area contributed by atoms with Crippen molar-refractivity contribution in [2.45, 2.75) is 19.4 Å². The van der Waals surface area contributed by atoms with E-state index in [1.54, 1.807) is 17.7 Å². The van der Waals surface area contributed by atoms with Gasteiger partial charge in [0, 0.05) is 24.5 Å². The highest BCUT2D eigenvalue weighted by atomic mass is 32.1. The number of nitrogens with two attached hydrogens (primary N) is 1. The van der Waals surface area contributed by atoms with Crippen LogP contribution in [-0.2, 0) is 19.4 Å². The first kappa shape index (κ1) is 15.9. The quantitative estimate of drug-likeness (QED) is 0.738. The summed E-state index contributed by atoms with van der Waals surface area (Å²) in [5.74, 6) is 1.54. The first-order valence-electron chi connectivity index (χ1n) is 8.50. The standard InChI is InChI=1S/C19H21N5S/c20-17-18(21-9-7-16-6-3-11-25-16)22-13-23-19(17)24-10-8-14-4-1-2-5-15(14)12-24/h1-6,11,13H,7-10,12,20H2,(H,21,22,23). The van der Waals surface area contributed by atoms with E-state index in [2.05, 4.69) is 62.0 Å². The van der Waals surface area contributed by atoms with E-state index < -0.39 is 0 Å². The van der Waals surface area contributed by atoms with Crippen molar-refractivity contribution in [1.82, 2.24) is 9.97 Å². The van der Waals surface area contributed by atoms with Crippen molar-refractivity contribution in [3.63, 3.8) is 0 Å². The van der Waals surface area contributed by atoms with Gasteiger partial charge >= 0.3 is 0 Å². The molecule has 3 N–H and O–H groups in total. The van der Waals surface area contributed by atoms with Crippen LogP contribution in [0.3, 0.4) is 0 Å². The highest BCUT2D eigenvalue weighted by molar-refractivity contribution is 7.09. The predicted molar refractivity (Wildman–Crippen MR) is 104 cm³/mol. The monoisotopic (exact) mass is 351 g/mol. The van der Waals surface area contributed by atoms with Crippen LogP contribution >= 0.6 is 11.3 Å². The Morgan fingerprint density at radius 2 is 2.00 bits per heavy atom. The summed E-state index contributed by atoms with van der Waals surface area (Å²) in [5, 5.41) is 5.45. The first-order chi connectivity index (χ1) is 12.3. The van der Waals surface area contributed by atoms with Gasteiger partial charge in [-0.25, -0.2) is 9.97 Å². The Labute approximate surface area is 151 Å². The number of nitrogens with one attached hydrogen (secondary N) is 1. The third kappa shape index (κ3) is 3.44. The third-order valence-electron chi connectivity index (χ3n) is 4.54. The van der Waals surface area contributed by atoms with Gasteiger partial charge in [0.15, 0.2) is 11.6 Å². The molecule has 25 heavy (non-hydrogen) atoms. The van der Waals surface area contributed by atoms with Gasteiger partial charge in [-0.1, -0.05) is 30.3 Å². The van der Waals surface area contributed by atoms with Crippen molar-refractivity contribution in [3.8, 4) is 0 Å². The van der Waals surface area contributed by atoms with Crippen LogP contribution in [0.4, 0.5) is 17.3 Å². The van der Waals surface area contributed by atoms with Crippen molar-refractivity contribution in [2.75, 3.05) is 29.0 Å². The van der Waals surface area contributed by atoms with Crippen molar-refractivity contribution in [1.29, 1.82) is 0 Å².